The number of hydrogen-bond acceptors (Lipinski definition) is 5. The highest BCUT2D eigenvalue weighted by Crippen LogP contribution is 2.12. The predicted octanol–water partition coefficient (Wildman–Crippen LogP) is 0.398. The lowest BCUT2D eigenvalue weighted by Gasteiger charge is -2.07. The summed E-state index contributed by atoms with van der Waals surface area (Å²) in [6.07, 6.45) is 0. The molecule has 1 aromatic rings. The predicted molar refractivity (Wildman–Crippen MR) is 64.8 cm³/mol. The number of hydrogen-bond donors (Lipinski definition) is 1. The van der Waals surface area contributed by atoms with Gasteiger partial charge in [0.05, 0.1) is 24.2 Å². The van der Waals surface area contributed by atoms with Crippen molar-refractivity contribution in [2.45, 2.75) is 4.90 Å². The maximum atomic E-state index is 11.9. The highest BCUT2D eigenvalue weighted by atomic mass is 32.2. The molecule has 0 radical (unpaired) electrons. The molecule has 7 heteroatoms. The molecule has 0 aliphatic carbocycles. The van der Waals surface area contributed by atoms with Crippen LogP contribution in [0.1, 0.15) is 10.4 Å². The van der Waals surface area contributed by atoms with Crippen LogP contribution in [-0.4, -0.2) is 41.8 Å². The maximum Gasteiger partial charge on any atom is 0.337 e. The van der Waals surface area contributed by atoms with E-state index in [1.165, 1.54) is 38.5 Å². The van der Waals surface area contributed by atoms with Crippen LogP contribution in [0.5, 0.6) is 0 Å². The van der Waals surface area contributed by atoms with Gasteiger partial charge in [-0.05, 0) is 18.2 Å². The van der Waals surface area contributed by atoms with Gasteiger partial charge in [-0.25, -0.2) is 17.9 Å². The van der Waals surface area contributed by atoms with E-state index >= 15 is 0 Å². The summed E-state index contributed by atoms with van der Waals surface area (Å²) in [5.41, 5.74) is 0.187. The van der Waals surface area contributed by atoms with E-state index in [2.05, 4.69) is 9.46 Å². The summed E-state index contributed by atoms with van der Waals surface area (Å²) in [5, 5.41) is 0. The minimum Gasteiger partial charge on any atom is -0.465 e. The summed E-state index contributed by atoms with van der Waals surface area (Å²) in [6.45, 7) is 0.442. The topological polar surface area (TPSA) is 81.7 Å². The molecule has 0 aromatic heterocycles. The molecule has 6 nitrogen and oxygen atoms in total. The summed E-state index contributed by atoms with van der Waals surface area (Å²) in [4.78, 5) is 11.3. The Morgan fingerprint density at radius 3 is 2.67 bits per heavy atom. The van der Waals surface area contributed by atoms with Crippen LogP contribution in [-0.2, 0) is 19.5 Å². The van der Waals surface area contributed by atoms with Gasteiger partial charge in [0.1, 0.15) is 0 Å². The Morgan fingerprint density at radius 2 is 2.06 bits per heavy atom. The van der Waals surface area contributed by atoms with Crippen molar-refractivity contribution in [1.82, 2.24) is 4.72 Å². The van der Waals surface area contributed by atoms with Gasteiger partial charge >= 0.3 is 5.97 Å². The molecule has 1 N–H and O–H groups in total. The van der Waals surface area contributed by atoms with Gasteiger partial charge < -0.3 is 9.47 Å². The minimum atomic E-state index is -3.63. The van der Waals surface area contributed by atoms with Gasteiger partial charge in [0.2, 0.25) is 10.0 Å². The van der Waals surface area contributed by atoms with Crippen molar-refractivity contribution in [1.29, 1.82) is 0 Å². The monoisotopic (exact) mass is 273 g/mol. The number of methoxy groups -OCH3 is 2. The van der Waals surface area contributed by atoms with Gasteiger partial charge in [-0.1, -0.05) is 6.07 Å². The van der Waals surface area contributed by atoms with Crippen molar-refractivity contribution in [3.8, 4) is 0 Å². The van der Waals surface area contributed by atoms with Gasteiger partial charge in [-0.3, -0.25) is 0 Å². The molecule has 0 aliphatic heterocycles. The Bertz CT molecular complexity index is 512. The Kier molecular flexibility index (Phi) is 5.26. The number of esters is 1. The van der Waals surface area contributed by atoms with Crippen LogP contribution >= 0.6 is 0 Å². The lowest BCUT2D eigenvalue weighted by molar-refractivity contribution is 0.0600. The largest absolute Gasteiger partial charge is 0.465 e. The Morgan fingerprint density at radius 1 is 1.33 bits per heavy atom. The summed E-state index contributed by atoms with van der Waals surface area (Å²) in [7, 11) is -0.920. The molecular weight excluding hydrogens is 258 g/mol. The second-order valence-electron chi connectivity index (χ2n) is 3.41. The third-order valence-corrected chi connectivity index (χ3v) is 3.62. The summed E-state index contributed by atoms with van der Waals surface area (Å²) in [6, 6.07) is 5.64. The van der Waals surface area contributed by atoms with E-state index in [0.717, 1.165) is 0 Å². The summed E-state index contributed by atoms with van der Waals surface area (Å²) >= 11 is 0. The van der Waals surface area contributed by atoms with E-state index in [9.17, 15) is 13.2 Å². The molecular formula is C11H15NO5S. The van der Waals surface area contributed by atoms with Gasteiger partial charge in [0.15, 0.2) is 0 Å². The fourth-order valence-electron chi connectivity index (χ4n) is 1.27. The van der Waals surface area contributed by atoms with Crippen LogP contribution in [0, 0.1) is 0 Å². The third-order valence-electron chi connectivity index (χ3n) is 2.16. The van der Waals surface area contributed by atoms with Crippen molar-refractivity contribution in [3.63, 3.8) is 0 Å². The average Bonchev–Trinajstić information content (AvgIpc) is 2.38. The standard InChI is InChI=1S/C11H15NO5S/c1-16-7-6-12-18(14,15)10-5-3-4-9(8-10)11(13)17-2/h3-5,8,12H,6-7H2,1-2H3. The van der Waals surface area contributed by atoms with E-state index in [-0.39, 0.29) is 23.6 Å². The summed E-state index contributed by atoms with van der Waals surface area (Å²) in [5.74, 6) is -0.580. The molecule has 0 spiro atoms. The van der Waals surface area contributed by atoms with Crippen molar-refractivity contribution >= 4 is 16.0 Å². The molecule has 1 rings (SSSR count). The molecule has 0 saturated heterocycles. The van der Waals surface area contributed by atoms with Gasteiger partial charge in [-0.2, -0.15) is 0 Å². The smallest absolute Gasteiger partial charge is 0.337 e. The first-order valence-corrected chi connectivity index (χ1v) is 6.66. The van der Waals surface area contributed by atoms with Crippen LogP contribution in [0.3, 0.4) is 0 Å². The highest BCUT2D eigenvalue weighted by molar-refractivity contribution is 7.89. The molecule has 0 aliphatic rings. The van der Waals surface area contributed by atoms with Gasteiger partial charge in [-0.15, -0.1) is 0 Å². The van der Waals surface area contributed by atoms with Gasteiger partial charge in [0.25, 0.3) is 0 Å². The van der Waals surface area contributed by atoms with Crippen molar-refractivity contribution in [2.24, 2.45) is 0 Å². The molecule has 100 valence electrons. The number of nitrogens with one attached hydrogen (secondary N) is 1. The normalized spacial score (nSPS) is 11.2. The van der Waals surface area contributed by atoms with Crippen LogP contribution in [0.4, 0.5) is 0 Å². The second-order valence-corrected chi connectivity index (χ2v) is 5.18. The number of ether oxygens (including phenoxy) is 2. The quantitative estimate of drug-likeness (QED) is 0.599. The van der Waals surface area contributed by atoms with Crippen molar-refractivity contribution in [2.75, 3.05) is 27.4 Å². The van der Waals surface area contributed by atoms with E-state index in [0.29, 0.717) is 0 Å². The minimum absolute atomic E-state index is 0.0153. The molecule has 0 saturated carbocycles. The molecule has 0 atom stereocenters. The lowest BCUT2D eigenvalue weighted by atomic mass is 10.2. The van der Waals surface area contributed by atoms with E-state index in [4.69, 9.17) is 4.74 Å². The zero-order valence-electron chi connectivity index (χ0n) is 10.2. The Labute approximate surface area is 106 Å². The molecule has 0 fully saturated rings. The Balaban J connectivity index is 2.92. The van der Waals surface area contributed by atoms with E-state index in [1.807, 2.05) is 0 Å². The molecule has 18 heavy (non-hydrogen) atoms. The fraction of sp³-hybridized carbons (Fsp3) is 0.364. The average molecular weight is 273 g/mol. The molecule has 1 aromatic carbocycles. The van der Waals surface area contributed by atoms with Crippen LogP contribution in [0.15, 0.2) is 29.2 Å². The molecule has 0 bridgehead atoms. The SMILES string of the molecule is COCCNS(=O)(=O)c1cccc(C(=O)OC)c1. The number of sulfonamides is 1. The molecule has 0 amide bonds. The van der Waals surface area contributed by atoms with E-state index in [1.54, 1.807) is 0 Å². The van der Waals surface area contributed by atoms with Crippen molar-refractivity contribution < 1.29 is 22.7 Å². The summed E-state index contributed by atoms with van der Waals surface area (Å²) < 4.78 is 35.3. The first-order valence-electron chi connectivity index (χ1n) is 5.18. The first kappa shape index (κ1) is 14.6. The third kappa shape index (κ3) is 3.80. The zero-order valence-corrected chi connectivity index (χ0v) is 11.0. The first-order chi connectivity index (χ1) is 8.51. The van der Waals surface area contributed by atoms with E-state index < -0.39 is 16.0 Å². The second kappa shape index (κ2) is 6.48. The Hall–Kier alpha value is -1.44. The van der Waals surface area contributed by atoms with Crippen LogP contribution in [0.2, 0.25) is 0 Å². The van der Waals surface area contributed by atoms with Gasteiger partial charge in [0, 0.05) is 13.7 Å². The fourth-order valence-corrected chi connectivity index (χ4v) is 2.33. The van der Waals surface area contributed by atoms with Crippen molar-refractivity contribution in [3.05, 3.63) is 29.8 Å². The number of rotatable bonds is 6. The molecule has 0 heterocycles. The maximum absolute atomic E-state index is 11.9. The van der Waals surface area contributed by atoms with Crippen LogP contribution < -0.4 is 4.72 Å². The lowest BCUT2D eigenvalue weighted by Crippen LogP contribution is -2.27. The number of benzene rings is 1. The number of carbonyl (C=O) groups is 1. The highest BCUT2D eigenvalue weighted by Gasteiger charge is 2.15. The number of carbonyl (C=O) groups excluding carboxylic acids is 1. The van der Waals surface area contributed by atoms with Crippen LogP contribution in [0.25, 0.3) is 0 Å². The zero-order chi connectivity index (χ0) is 13.6. The molecule has 0 unspecified atom stereocenters.